The maximum atomic E-state index is 2.36. The Labute approximate surface area is 91.1 Å². The molecule has 0 N–H and O–H groups in total. The highest BCUT2D eigenvalue weighted by molar-refractivity contribution is 4.45. The van der Waals surface area contributed by atoms with Gasteiger partial charge in [-0.25, -0.2) is 0 Å². The summed E-state index contributed by atoms with van der Waals surface area (Å²) in [7, 11) is 0. The zero-order chi connectivity index (χ0) is 10.9. The minimum absolute atomic E-state index is 1.32. The van der Waals surface area contributed by atoms with Crippen molar-refractivity contribution < 1.29 is 4.48 Å². The van der Waals surface area contributed by atoms with Crippen LogP contribution in [0.2, 0.25) is 0 Å². The minimum atomic E-state index is 1.32. The van der Waals surface area contributed by atoms with E-state index in [2.05, 4.69) is 27.7 Å². The molecule has 0 rings (SSSR count). The van der Waals surface area contributed by atoms with Crippen molar-refractivity contribution in [2.75, 3.05) is 26.2 Å². The molecule has 1 heteroatoms. The lowest BCUT2D eigenvalue weighted by atomic mass is 10.2. The van der Waals surface area contributed by atoms with Crippen molar-refractivity contribution in [1.29, 1.82) is 0 Å². The Morgan fingerprint density at radius 2 is 1.21 bits per heavy atom. The summed E-state index contributed by atoms with van der Waals surface area (Å²) < 4.78 is 1.37. The van der Waals surface area contributed by atoms with Crippen molar-refractivity contribution in [2.24, 2.45) is 0 Å². The summed E-state index contributed by atoms with van der Waals surface area (Å²) in [6.07, 6.45) is 6.85. The topological polar surface area (TPSA) is 0 Å². The zero-order valence-electron chi connectivity index (χ0n) is 10.8. The van der Waals surface area contributed by atoms with Crippen LogP contribution in [0.1, 0.15) is 59.8 Å². The van der Waals surface area contributed by atoms with Crippen LogP contribution in [-0.4, -0.2) is 30.7 Å². The fourth-order valence-corrected chi connectivity index (χ4v) is 2.46. The van der Waals surface area contributed by atoms with Crippen LogP contribution in [0.4, 0.5) is 0 Å². The van der Waals surface area contributed by atoms with E-state index in [4.69, 9.17) is 0 Å². The summed E-state index contributed by atoms with van der Waals surface area (Å²) in [6.45, 7) is 14.8. The first-order chi connectivity index (χ1) is 6.74. The number of rotatable bonds is 9. The first kappa shape index (κ1) is 14.0. The Balaban J connectivity index is 4.03. The largest absolute Gasteiger partial charge is 0.324 e. The number of unbranched alkanes of at least 4 members (excludes halogenated alkanes) is 2. The Bertz CT molecular complexity index is 114. The summed E-state index contributed by atoms with van der Waals surface area (Å²) in [4.78, 5) is 0. The number of hydrogen-bond acceptors (Lipinski definition) is 0. The highest BCUT2D eigenvalue weighted by Gasteiger charge is 2.21. The Hall–Kier alpha value is -0.0400. The van der Waals surface area contributed by atoms with Crippen LogP contribution in [-0.2, 0) is 0 Å². The minimum Gasteiger partial charge on any atom is -0.324 e. The standard InChI is InChI=1S/C13H30N/c1-5-9-10-13-14(8-4,11-6-2)12-7-3/h5-13H2,1-4H3/q+1. The van der Waals surface area contributed by atoms with Crippen LogP contribution in [0.25, 0.3) is 0 Å². The van der Waals surface area contributed by atoms with Crippen LogP contribution in [0.15, 0.2) is 0 Å². The molecule has 0 saturated carbocycles. The third-order valence-corrected chi connectivity index (χ3v) is 3.30. The van der Waals surface area contributed by atoms with Gasteiger partial charge in [0.15, 0.2) is 0 Å². The van der Waals surface area contributed by atoms with Gasteiger partial charge in [0.1, 0.15) is 0 Å². The van der Waals surface area contributed by atoms with Gasteiger partial charge < -0.3 is 4.48 Å². The average Bonchev–Trinajstić information content (AvgIpc) is 2.19. The summed E-state index contributed by atoms with van der Waals surface area (Å²) in [5, 5.41) is 0. The van der Waals surface area contributed by atoms with Gasteiger partial charge in [0.2, 0.25) is 0 Å². The molecule has 1 nitrogen and oxygen atoms in total. The van der Waals surface area contributed by atoms with Crippen molar-refractivity contribution in [3.63, 3.8) is 0 Å². The van der Waals surface area contributed by atoms with E-state index in [1.54, 1.807) is 0 Å². The third-order valence-electron chi connectivity index (χ3n) is 3.30. The fraction of sp³-hybridized carbons (Fsp3) is 1.00. The first-order valence-corrected chi connectivity index (χ1v) is 6.59. The molecule has 0 spiro atoms. The fourth-order valence-electron chi connectivity index (χ4n) is 2.46. The highest BCUT2D eigenvalue weighted by Crippen LogP contribution is 2.12. The van der Waals surface area contributed by atoms with Crippen molar-refractivity contribution in [3.05, 3.63) is 0 Å². The second kappa shape index (κ2) is 8.28. The molecule has 86 valence electrons. The van der Waals surface area contributed by atoms with Gasteiger partial charge in [-0.3, -0.25) is 0 Å². The lowest BCUT2D eigenvalue weighted by Crippen LogP contribution is -2.49. The quantitative estimate of drug-likeness (QED) is 0.392. The van der Waals surface area contributed by atoms with Gasteiger partial charge in [0.25, 0.3) is 0 Å². The Morgan fingerprint density at radius 3 is 1.57 bits per heavy atom. The van der Waals surface area contributed by atoms with Gasteiger partial charge in [-0.05, 0) is 32.6 Å². The monoisotopic (exact) mass is 200 g/mol. The van der Waals surface area contributed by atoms with Crippen molar-refractivity contribution in [3.8, 4) is 0 Å². The summed E-state index contributed by atoms with van der Waals surface area (Å²) in [6, 6.07) is 0. The summed E-state index contributed by atoms with van der Waals surface area (Å²) >= 11 is 0. The van der Waals surface area contributed by atoms with Crippen molar-refractivity contribution in [1.82, 2.24) is 0 Å². The molecule has 0 fully saturated rings. The molecule has 0 aromatic rings. The van der Waals surface area contributed by atoms with Crippen LogP contribution in [0.5, 0.6) is 0 Å². The van der Waals surface area contributed by atoms with Gasteiger partial charge in [-0.2, -0.15) is 0 Å². The second-order valence-electron chi connectivity index (χ2n) is 4.54. The predicted molar refractivity (Wildman–Crippen MR) is 65.5 cm³/mol. The Kier molecular flexibility index (Phi) is 8.26. The molecular formula is C13H30N+. The smallest absolute Gasteiger partial charge is 0.0786 e. The van der Waals surface area contributed by atoms with E-state index in [0.29, 0.717) is 0 Å². The lowest BCUT2D eigenvalue weighted by Gasteiger charge is -2.37. The maximum Gasteiger partial charge on any atom is 0.0786 e. The first-order valence-electron chi connectivity index (χ1n) is 6.59. The van der Waals surface area contributed by atoms with Gasteiger partial charge in [0.05, 0.1) is 26.2 Å². The molecule has 0 aliphatic rings. The number of nitrogens with zero attached hydrogens (tertiary/aromatic N) is 1. The molecular weight excluding hydrogens is 170 g/mol. The SMILES string of the molecule is CCCCC[N+](CC)(CCC)CCC. The molecule has 0 heterocycles. The molecule has 0 aromatic heterocycles. The van der Waals surface area contributed by atoms with E-state index < -0.39 is 0 Å². The van der Waals surface area contributed by atoms with Crippen LogP contribution < -0.4 is 0 Å². The van der Waals surface area contributed by atoms with Crippen LogP contribution >= 0.6 is 0 Å². The van der Waals surface area contributed by atoms with Gasteiger partial charge >= 0.3 is 0 Å². The maximum absolute atomic E-state index is 2.36. The molecule has 0 unspecified atom stereocenters. The lowest BCUT2D eigenvalue weighted by molar-refractivity contribution is -0.926. The predicted octanol–water partition coefficient (Wildman–Crippen LogP) is 3.83. The van der Waals surface area contributed by atoms with E-state index in [1.807, 2.05) is 0 Å². The highest BCUT2D eigenvalue weighted by atomic mass is 15.3. The van der Waals surface area contributed by atoms with E-state index in [0.717, 1.165) is 0 Å². The van der Waals surface area contributed by atoms with Gasteiger partial charge in [0, 0.05) is 0 Å². The summed E-state index contributed by atoms with van der Waals surface area (Å²) in [5.41, 5.74) is 0. The molecule has 0 radical (unpaired) electrons. The van der Waals surface area contributed by atoms with Crippen molar-refractivity contribution in [2.45, 2.75) is 59.8 Å². The zero-order valence-corrected chi connectivity index (χ0v) is 10.8. The molecule has 0 aromatic carbocycles. The molecule has 0 amide bonds. The van der Waals surface area contributed by atoms with E-state index >= 15 is 0 Å². The van der Waals surface area contributed by atoms with E-state index in [9.17, 15) is 0 Å². The number of quaternary nitrogens is 1. The van der Waals surface area contributed by atoms with E-state index in [-0.39, 0.29) is 0 Å². The van der Waals surface area contributed by atoms with Crippen LogP contribution in [0.3, 0.4) is 0 Å². The number of hydrogen-bond donors (Lipinski definition) is 0. The molecule has 0 atom stereocenters. The Morgan fingerprint density at radius 1 is 0.643 bits per heavy atom. The molecule has 0 bridgehead atoms. The molecule has 14 heavy (non-hydrogen) atoms. The van der Waals surface area contributed by atoms with Gasteiger partial charge in [-0.15, -0.1) is 0 Å². The third kappa shape index (κ3) is 4.99. The van der Waals surface area contributed by atoms with Crippen LogP contribution in [0, 0.1) is 0 Å². The van der Waals surface area contributed by atoms with E-state index in [1.165, 1.54) is 62.8 Å². The molecule has 0 saturated heterocycles. The molecule has 0 aliphatic heterocycles. The molecule has 0 aliphatic carbocycles. The normalized spacial score (nSPS) is 12.0. The summed E-state index contributed by atoms with van der Waals surface area (Å²) in [5.74, 6) is 0. The second-order valence-corrected chi connectivity index (χ2v) is 4.54. The van der Waals surface area contributed by atoms with Gasteiger partial charge in [-0.1, -0.05) is 27.2 Å². The van der Waals surface area contributed by atoms with Crippen molar-refractivity contribution >= 4 is 0 Å². The average molecular weight is 200 g/mol.